The van der Waals surface area contributed by atoms with Gasteiger partial charge in [-0.05, 0) is 84.3 Å². The van der Waals surface area contributed by atoms with Crippen molar-refractivity contribution in [1.29, 1.82) is 0 Å². The lowest BCUT2D eigenvalue weighted by Gasteiger charge is -2.16. The van der Waals surface area contributed by atoms with Gasteiger partial charge in [0.2, 0.25) is 25.4 Å². The molecule has 4 heterocycles. The second kappa shape index (κ2) is 16.2. The van der Waals surface area contributed by atoms with Gasteiger partial charge in [-0.15, -0.1) is 0 Å². The molecule has 10 rings (SSSR count). The van der Waals surface area contributed by atoms with Gasteiger partial charge in [0.15, 0.2) is 28.9 Å². The topological polar surface area (TPSA) is 165 Å². The number of nitrogens with zero attached hydrogens (tertiary/aromatic N) is 4. The normalized spacial score (nSPS) is 15.6. The fraction of sp³-hybridized carbons (Fsp3) is 0.273. The van der Waals surface area contributed by atoms with E-state index in [0.29, 0.717) is 48.4 Å². The molecule has 0 unspecified atom stereocenters. The van der Waals surface area contributed by atoms with Gasteiger partial charge in [-0.3, -0.25) is 14.9 Å². The zero-order valence-electron chi connectivity index (χ0n) is 32.4. The van der Waals surface area contributed by atoms with E-state index in [9.17, 15) is 9.59 Å². The fourth-order valence-corrected chi connectivity index (χ4v) is 7.56. The number of halogens is 2. The second-order valence-corrected chi connectivity index (χ2v) is 15.7. The molecule has 4 aliphatic rings. The average Bonchev–Trinajstić information content (AvgIpc) is 4.04. The number of rotatable bonds is 9. The number of anilines is 2. The van der Waals surface area contributed by atoms with Crippen LogP contribution < -0.4 is 30.0 Å². The Labute approximate surface area is 350 Å². The van der Waals surface area contributed by atoms with Crippen LogP contribution in [0.5, 0.6) is 23.0 Å². The highest BCUT2D eigenvalue weighted by atomic mass is 35.5. The molecule has 15 heteroatoms. The number of nitrogens with one attached hydrogen (secondary N) is 1. The summed E-state index contributed by atoms with van der Waals surface area (Å²) in [7, 11) is 3.80. The van der Waals surface area contributed by atoms with Crippen molar-refractivity contribution in [3.63, 3.8) is 0 Å². The quantitative estimate of drug-likeness (QED) is 0.131. The minimum absolute atomic E-state index is 0.0469. The number of hydrogen-bond acceptors (Lipinski definition) is 9. The fourth-order valence-electron chi connectivity index (χ4n) is 7.16. The molecule has 0 bridgehead atoms. The largest absolute Gasteiger partial charge is 0.481 e. The van der Waals surface area contributed by atoms with Gasteiger partial charge in [0, 0.05) is 48.4 Å². The van der Waals surface area contributed by atoms with Crippen molar-refractivity contribution in [3.05, 3.63) is 141 Å². The first-order chi connectivity index (χ1) is 28.5. The Morgan fingerprint density at radius 3 is 1.64 bits per heavy atom. The summed E-state index contributed by atoms with van der Waals surface area (Å²) in [4.78, 5) is 32.7. The van der Waals surface area contributed by atoms with Gasteiger partial charge in [-0.25, -0.2) is 9.97 Å². The number of imidazole rings is 2. The number of nitrogen functional groups attached to an aromatic ring is 1. The van der Waals surface area contributed by atoms with Crippen LogP contribution in [0.1, 0.15) is 59.3 Å². The monoisotopic (exact) mass is 836 g/mol. The number of carbonyl (C=O) groups is 2. The van der Waals surface area contributed by atoms with E-state index in [1.807, 2.05) is 96.0 Å². The molecule has 1 amide bonds. The van der Waals surface area contributed by atoms with Crippen molar-refractivity contribution in [2.45, 2.75) is 49.4 Å². The predicted molar refractivity (Wildman–Crippen MR) is 223 cm³/mol. The summed E-state index contributed by atoms with van der Waals surface area (Å²) in [6.07, 6.45) is 7.97. The summed E-state index contributed by atoms with van der Waals surface area (Å²) in [5.41, 5.74) is 10.4. The van der Waals surface area contributed by atoms with Gasteiger partial charge >= 0.3 is 5.97 Å². The maximum absolute atomic E-state index is 13.1. The predicted octanol–water partition coefficient (Wildman–Crippen LogP) is 7.84. The molecule has 2 aliphatic carbocycles. The van der Waals surface area contributed by atoms with E-state index in [4.69, 9.17) is 53.0 Å². The van der Waals surface area contributed by atoms with Crippen molar-refractivity contribution < 1.29 is 33.6 Å². The molecule has 2 aliphatic heterocycles. The van der Waals surface area contributed by atoms with Crippen LogP contribution >= 0.6 is 23.2 Å². The highest BCUT2D eigenvalue weighted by molar-refractivity contribution is 6.31. The first-order valence-electron chi connectivity index (χ1n) is 19.1. The number of amides is 1. The molecule has 2 saturated carbocycles. The third-order valence-corrected chi connectivity index (χ3v) is 12.0. The van der Waals surface area contributed by atoms with Crippen molar-refractivity contribution >= 4 is 47.0 Å². The summed E-state index contributed by atoms with van der Waals surface area (Å²) in [5, 5.41) is 13.6. The minimum atomic E-state index is -0.749. The third-order valence-electron chi connectivity index (χ3n) is 11.3. The lowest BCUT2D eigenvalue weighted by atomic mass is 9.94. The number of carboxylic acid groups (broad SMARTS) is 1. The van der Waals surface area contributed by atoms with Crippen LogP contribution in [0.4, 0.5) is 11.9 Å². The van der Waals surface area contributed by atoms with E-state index in [1.165, 1.54) is 0 Å². The standard InChI is InChI=1S/C22H20ClN3O3.C11H12ClN3.C11H10O4/c1-26-16(10-14-4-2-3-5-17(14)23)12-24-21(26)25-20(27)22(8-9-22)15-6-7-18-19(11-15)29-13-28-18;1-15-9(7-14-11(15)13)6-8-4-2-3-5-10(8)12;12-10(13)11(3-4-11)7-1-2-8-9(5-7)15-6-14-8/h2-7,11-12H,8-10,13H2,1H3,(H,24,25,27);2-5,7H,6H2,1H3,(H2,13,14);1-2,5H,3-4,6H2,(H,12,13). The van der Waals surface area contributed by atoms with E-state index >= 15 is 0 Å². The van der Waals surface area contributed by atoms with E-state index in [-0.39, 0.29) is 19.5 Å². The SMILES string of the molecule is Cn1c(Cc2ccccc2Cl)cnc1N.Cn1c(Cc2ccccc2Cl)cnc1NC(=O)C1(c2ccc3c(c2)OCO3)CC1.O=C(O)C1(c2ccc3c(c2)OCO3)CC1. The number of aliphatic carboxylic acids is 1. The number of aromatic nitrogens is 4. The molecule has 0 saturated heterocycles. The minimum Gasteiger partial charge on any atom is -0.481 e. The molecule has 4 aromatic carbocycles. The number of carbonyl (C=O) groups excluding carboxylic acids is 1. The van der Waals surface area contributed by atoms with Crippen LogP contribution in [0, 0.1) is 0 Å². The number of hydrogen-bond donors (Lipinski definition) is 3. The van der Waals surface area contributed by atoms with Crippen LogP contribution in [0.2, 0.25) is 10.0 Å². The Bertz CT molecular complexity index is 2540. The third kappa shape index (κ3) is 8.12. The molecule has 0 radical (unpaired) electrons. The first-order valence-corrected chi connectivity index (χ1v) is 19.8. The van der Waals surface area contributed by atoms with Crippen LogP contribution in [0.25, 0.3) is 0 Å². The first kappa shape index (κ1) is 39.6. The molecule has 13 nitrogen and oxygen atoms in total. The summed E-state index contributed by atoms with van der Waals surface area (Å²) in [6.45, 7) is 0.443. The van der Waals surface area contributed by atoms with Crippen LogP contribution in [0.15, 0.2) is 97.3 Å². The zero-order chi connectivity index (χ0) is 41.3. The van der Waals surface area contributed by atoms with Gasteiger partial charge < -0.3 is 38.9 Å². The number of ether oxygens (including phenoxy) is 4. The molecular weight excluding hydrogens is 795 g/mol. The molecule has 2 fully saturated rings. The Balaban J connectivity index is 0.000000136. The van der Waals surface area contributed by atoms with E-state index in [1.54, 1.807) is 24.5 Å². The molecule has 59 heavy (non-hydrogen) atoms. The van der Waals surface area contributed by atoms with Gasteiger partial charge in [-0.1, -0.05) is 71.7 Å². The summed E-state index contributed by atoms with van der Waals surface area (Å²) in [6, 6.07) is 26.6. The Kier molecular flexibility index (Phi) is 10.9. The number of fused-ring (bicyclic) bond motifs is 2. The van der Waals surface area contributed by atoms with Crippen molar-refractivity contribution in [1.82, 2.24) is 19.1 Å². The molecule has 4 N–H and O–H groups in total. The van der Waals surface area contributed by atoms with Crippen molar-refractivity contribution in [2.24, 2.45) is 14.1 Å². The van der Waals surface area contributed by atoms with Crippen LogP contribution in [-0.2, 0) is 47.4 Å². The van der Waals surface area contributed by atoms with Gasteiger partial charge in [0.25, 0.3) is 0 Å². The maximum atomic E-state index is 13.1. The number of carboxylic acids is 1. The van der Waals surface area contributed by atoms with Crippen LogP contribution in [-0.4, -0.2) is 49.7 Å². The summed E-state index contributed by atoms with van der Waals surface area (Å²) < 4.78 is 25.0. The van der Waals surface area contributed by atoms with E-state index in [0.717, 1.165) is 68.7 Å². The van der Waals surface area contributed by atoms with Crippen molar-refractivity contribution in [2.75, 3.05) is 24.6 Å². The highest BCUT2D eigenvalue weighted by Gasteiger charge is 2.53. The molecule has 0 spiro atoms. The molecular formula is C44H42Cl2N6O7. The number of benzene rings is 4. The Morgan fingerprint density at radius 2 is 1.17 bits per heavy atom. The maximum Gasteiger partial charge on any atom is 0.314 e. The average molecular weight is 838 g/mol. The zero-order valence-corrected chi connectivity index (χ0v) is 33.9. The highest BCUT2D eigenvalue weighted by Crippen LogP contribution is 2.52. The Morgan fingerprint density at radius 1 is 0.695 bits per heavy atom. The Hall–Kier alpha value is -6.18. The van der Waals surface area contributed by atoms with Gasteiger partial charge in [0.05, 0.1) is 23.2 Å². The van der Waals surface area contributed by atoms with E-state index in [2.05, 4.69) is 15.3 Å². The molecule has 6 aromatic rings. The molecule has 0 atom stereocenters. The molecule has 2 aromatic heterocycles. The van der Waals surface area contributed by atoms with Crippen LogP contribution in [0.3, 0.4) is 0 Å². The van der Waals surface area contributed by atoms with E-state index < -0.39 is 16.8 Å². The number of nitrogens with two attached hydrogens (primary N) is 1. The summed E-state index contributed by atoms with van der Waals surface area (Å²) in [5.74, 6) is 3.02. The van der Waals surface area contributed by atoms with Crippen molar-refractivity contribution in [3.8, 4) is 23.0 Å². The smallest absolute Gasteiger partial charge is 0.314 e. The second-order valence-electron chi connectivity index (χ2n) is 14.9. The van der Waals surface area contributed by atoms with Gasteiger partial charge in [-0.2, -0.15) is 0 Å². The lowest BCUT2D eigenvalue weighted by Crippen LogP contribution is -2.29. The van der Waals surface area contributed by atoms with Gasteiger partial charge in [0.1, 0.15) is 0 Å². The lowest BCUT2D eigenvalue weighted by molar-refractivity contribution is -0.140. The summed E-state index contributed by atoms with van der Waals surface area (Å²) >= 11 is 12.3. The molecule has 304 valence electrons.